The fraction of sp³-hybridized carbons (Fsp3) is 0.467. The normalized spacial score (nSPS) is 18.6. The van der Waals surface area contributed by atoms with Gasteiger partial charge < -0.3 is 14.5 Å². The van der Waals surface area contributed by atoms with Gasteiger partial charge in [-0.1, -0.05) is 25.1 Å². The van der Waals surface area contributed by atoms with Crippen molar-refractivity contribution in [3.05, 3.63) is 41.6 Å². The van der Waals surface area contributed by atoms with Gasteiger partial charge in [0.25, 0.3) is 0 Å². The molecule has 0 bridgehead atoms. The summed E-state index contributed by atoms with van der Waals surface area (Å²) in [4.78, 5) is 0. The lowest BCUT2D eigenvalue weighted by atomic mass is 9.94. The molecule has 2 atom stereocenters. The molecule has 1 N–H and O–H groups in total. The van der Waals surface area contributed by atoms with Gasteiger partial charge in [0.15, 0.2) is 0 Å². The zero-order chi connectivity index (χ0) is 13.9. The van der Waals surface area contributed by atoms with Crippen LogP contribution in [-0.2, 0) is 13.0 Å². The number of nitrogens with zero attached hydrogens (tertiary/aromatic N) is 2. The van der Waals surface area contributed by atoms with Crippen LogP contribution >= 0.6 is 0 Å². The summed E-state index contributed by atoms with van der Waals surface area (Å²) in [5, 5.41) is 11.4. The Balaban J connectivity index is 1.61. The van der Waals surface area contributed by atoms with Gasteiger partial charge in [-0.05, 0) is 13.0 Å². The molecule has 5 nitrogen and oxygen atoms in total. The van der Waals surface area contributed by atoms with E-state index in [2.05, 4.69) is 34.6 Å². The van der Waals surface area contributed by atoms with E-state index < -0.39 is 0 Å². The van der Waals surface area contributed by atoms with Gasteiger partial charge in [-0.2, -0.15) is 0 Å². The van der Waals surface area contributed by atoms with Crippen molar-refractivity contribution in [2.45, 2.75) is 38.8 Å². The summed E-state index contributed by atoms with van der Waals surface area (Å²) in [7, 11) is 0. The fourth-order valence-corrected chi connectivity index (χ4v) is 2.49. The molecule has 5 heteroatoms. The lowest BCUT2D eigenvalue weighted by Gasteiger charge is -2.18. The van der Waals surface area contributed by atoms with Crippen LogP contribution in [-0.4, -0.2) is 22.8 Å². The van der Waals surface area contributed by atoms with Crippen molar-refractivity contribution in [3.8, 4) is 5.75 Å². The molecular formula is C15H19N3O2. The zero-order valence-corrected chi connectivity index (χ0v) is 11.8. The van der Waals surface area contributed by atoms with Crippen LogP contribution in [0, 0.1) is 0 Å². The predicted molar refractivity (Wildman–Crippen MR) is 74.7 cm³/mol. The molecule has 2 unspecified atom stereocenters. The average molecular weight is 273 g/mol. The maximum absolute atomic E-state index is 5.71. The van der Waals surface area contributed by atoms with Crippen LogP contribution in [0.3, 0.4) is 0 Å². The number of benzene rings is 1. The standard InChI is InChI=1S/C15H19N3O2/c1-3-14-17-18-15(20-14)8-16-10(2)12-9-19-13-7-5-4-6-11(12)13/h4-7,10,12,16H,3,8-9H2,1-2H3. The molecule has 2 aromatic rings. The maximum Gasteiger partial charge on any atom is 0.230 e. The summed E-state index contributed by atoms with van der Waals surface area (Å²) in [5.41, 5.74) is 1.27. The van der Waals surface area contributed by atoms with Crippen molar-refractivity contribution in [3.63, 3.8) is 0 Å². The number of ether oxygens (including phenoxy) is 1. The third-order valence-electron chi connectivity index (χ3n) is 3.73. The lowest BCUT2D eigenvalue weighted by Crippen LogP contribution is -2.32. The van der Waals surface area contributed by atoms with E-state index in [9.17, 15) is 0 Å². The summed E-state index contributed by atoms with van der Waals surface area (Å²) < 4.78 is 11.2. The second-order valence-corrected chi connectivity index (χ2v) is 5.07. The van der Waals surface area contributed by atoms with Crippen LogP contribution in [0.5, 0.6) is 5.75 Å². The number of nitrogens with one attached hydrogen (secondary N) is 1. The largest absolute Gasteiger partial charge is 0.493 e. The van der Waals surface area contributed by atoms with Gasteiger partial charge >= 0.3 is 0 Å². The third kappa shape index (κ3) is 2.54. The van der Waals surface area contributed by atoms with Crippen molar-refractivity contribution in [1.29, 1.82) is 0 Å². The molecule has 106 valence electrons. The topological polar surface area (TPSA) is 60.2 Å². The molecule has 2 heterocycles. The van der Waals surface area contributed by atoms with Gasteiger partial charge in [0.1, 0.15) is 5.75 Å². The van der Waals surface area contributed by atoms with Gasteiger partial charge in [-0.3, -0.25) is 0 Å². The Morgan fingerprint density at radius 2 is 2.10 bits per heavy atom. The highest BCUT2D eigenvalue weighted by Gasteiger charge is 2.28. The minimum Gasteiger partial charge on any atom is -0.493 e. The van der Waals surface area contributed by atoms with Crippen molar-refractivity contribution in [2.75, 3.05) is 6.61 Å². The molecule has 0 amide bonds. The zero-order valence-electron chi connectivity index (χ0n) is 11.8. The van der Waals surface area contributed by atoms with E-state index in [1.165, 1.54) is 5.56 Å². The van der Waals surface area contributed by atoms with Gasteiger partial charge in [-0.15, -0.1) is 10.2 Å². The number of para-hydroxylation sites is 1. The second kappa shape index (κ2) is 5.63. The Morgan fingerprint density at radius 1 is 1.30 bits per heavy atom. The van der Waals surface area contributed by atoms with Gasteiger partial charge in [-0.25, -0.2) is 0 Å². The van der Waals surface area contributed by atoms with E-state index in [1.807, 2.05) is 19.1 Å². The highest BCUT2D eigenvalue weighted by Crippen LogP contribution is 2.35. The fourth-order valence-electron chi connectivity index (χ4n) is 2.49. The highest BCUT2D eigenvalue weighted by molar-refractivity contribution is 5.40. The molecule has 0 saturated heterocycles. The van der Waals surface area contributed by atoms with Crippen LogP contribution in [0.4, 0.5) is 0 Å². The molecule has 1 aromatic heterocycles. The first-order chi connectivity index (χ1) is 9.78. The number of aryl methyl sites for hydroxylation is 1. The summed E-state index contributed by atoms with van der Waals surface area (Å²) in [6.07, 6.45) is 0.770. The molecule has 0 spiro atoms. The summed E-state index contributed by atoms with van der Waals surface area (Å²) >= 11 is 0. The van der Waals surface area contributed by atoms with Crippen LogP contribution in [0.25, 0.3) is 0 Å². The Bertz CT molecular complexity index is 582. The number of hydrogen-bond donors (Lipinski definition) is 1. The molecule has 0 aliphatic carbocycles. The van der Waals surface area contributed by atoms with Crippen LogP contribution in [0.15, 0.2) is 28.7 Å². The first kappa shape index (κ1) is 13.1. The number of fused-ring (bicyclic) bond motifs is 1. The van der Waals surface area contributed by atoms with Crippen molar-refractivity contribution in [1.82, 2.24) is 15.5 Å². The second-order valence-electron chi connectivity index (χ2n) is 5.07. The summed E-state index contributed by atoms with van der Waals surface area (Å²) in [5.74, 6) is 2.68. The quantitative estimate of drug-likeness (QED) is 0.905. The number of aromatic nitrogens is 2. The molecule has 0 saturated carbocycles. The SMILES string of the molecule is CCc1nnc(CNC(C)C2COc3ccccc32)o1. The molecule has 20 heavy (non-hydrogen) atoms. The van der Waals surface area contributed by atoms with Crippen molar-refractivity contribution >= 4 is 0 Å². The van der Waals surface area contributed by atoms with Crippen LogP contribution in [0.2, 0.25) is 0 Å². The van der Waals surface area contributed by atoms with E-state index in [0.29, 0.717) is 24.2 Å². The summed E-state index contributed by atoms with van der Waals surface area (Å²) in [6, 6.07) is 8.50. The third-order valence-corrected chi connectivity index (χ3v) is 3.73. The van der Waals surface area contributed by atoms with Gasteiger partial charge in [0, 0.05) is 23.9 Å². The van der Waals surface area contributed by atoms with E-state index in [4.69, 9.17) is 9.15 Å². The molecule has 0 fully saturated rings. The summed E-state index contributed by atoms with van der Waals surface area (Å²) in [6.45, 7) is 5.47. The van der Waals surface area contributed by atoms with Crippen molar-refractivity contribution < 1.29 is 9.15 Å². The smallest absolute Gasteiger partial charge is 0.230 e. The average Bonchev–Trinajstić information content (AvgIpc) is 3.11. The van der Waals surface area contributed by atoms with E-state index in [0.717, 1.165) is 18.8 Å². The van der Waals surface area contributed by atoms with E-state index in [-0.39, 0.29) is 6.04 Å². The van der Waals surface area contributed by atoms with Gasteiger partial charge in [0.2, 0.25) is 11.8 Å². The monoisotopic (exact) mass is 273 g/mol. The first-order valence-corrected chi connectivity index (χ1v) is 7.04. The molecule has 3 rings (SSSR count). The highest BCUT2D eigenvalue weighted by atomic mass is 16.5. The van der Waals surface area contributed by atoms with E-state index in [1.54, 1.807) is 0 Å². The number of hydrogen-bond acceptors (Lipinski definition) is 5. The van der Waals surface area contributed by atoms with Crippen molar-refractivity contribution in [2.24, 2.45) is 0 Å². The molecule has 0 radical (unpaired) electrons. The van der Waals surface area contributed by atoms with E-state index >= 15 is 0 Å². The minimum absolute atomic E-state index is 0.288. The molecule has 1 aliphatic rings. The Morgan fingerprint density at radius 3 is 2.90 bits per heavy atom. The molecule has 1 aromatic carbocycles. The van der Waals surface area contributed by atoms with Crippen LogP contribution < -0.4 is 10.1 Å². The van der Waals surface area contributed by atoms with Gasteiger partial charge in [0.05, 0.1) is 13.2 Å². The Hall–Kier alpha value is -1.88. The Kier molecular flexibility index (Phi) is 3.69. The predicted octanol–water partition coefficient (Wildman–Crippen LogP) is 2.29. The first-order valence-electron chi connectivity index (χ1n) is 7.04. The molecule has 1 aliphatic heterocycles. The Labute approximate surface area is 118 Å². The minimum atomic E-state index is 0.288. The maximum atomic E-state index is 5.71. The lowest BCUT2D eigenvalue weighted by molar-refractivity contribution is 0.299. The number of rotatable bonds is 5. The van der Waals surface area contributed by atoms with Crippen LogP contribution in [0.1, 0.15) is 37.1 Å². The molecular weight excluding hydrogens is 254 g/mol.